The normalized spacial score (nSPS) is 23.7. The SMILES string of the molecule is O=C(Nc1ccc(F)cc1C(F)(F)F)N1CCCC12CCNC2=O. The number of amides is 3. The van der Waals surface area contributed by atoms with Crippen LogP contribution in [0.15, 0.2) is 18.2 Å². The molecule has 0 aliphatic carbocycles. The fourth-order valence-electron chi connectivity index (χ4n) is 3.37. The lowest BCUT2D eigenvalue weighted by Crippen LogP contribution is -2.53. The van der Waals surface area contributed by atoms with Gasteiger partial charge in [-0.1, -0.05) is 0 Å². The number of urea groups is 1. The van der Waals surface area contributed by atoms with Gasteiger partial charge in [0, 0.05) is 13.1 Å². The minimum Gasteiger partial charge on any atom is -0.354 e. The number of nitrogens with zero attached hydrogens (tertiary/aromatic N) is 1. The highest BCUT2D eigenvalue weighted by Gasteiger charge is 2.52. The lowest BCUT2D eigenvalue weighted by atomic mass is 9.94. The highest BCUT2D eigenvalue weighted by molar-refractivity contribution is 5.98. The van der Waals surface area contributed by atoms with Crippen LogP contribution in [0.1, 0.15) is 24.8 Å². The Bertz CT molecular complexity index is 688. The van der Waals surface area contributed by atoms with Gasteiger partial charge in [0.15, 0.2) is 0 Å². The molecule has 1 unspecified atom stereocenters. The third-order valence-corrected chi connectivity index (χ3v) is 4.51. The number of likely N-dealkylation sites (tertiary alicyclic amines) is 1. The summed E-state index contributed by atoms with van der Waals surface area (Å²) >= 11 is 0. The number of nitrogens with one attached hydrogen (secondary N) is 2. The van der Waals surface area contributed by atoms with Crippen molar-refractivity contribution < 1.29 is 27.2 Å². The number of carbonyl (C=O) groups excluding carboxylic acids is 2. The monoisotopic (exact) mass is 345 g/mol. The number of halogens is 4. The van der Waals surface area contributed by atoms with Crippen molar-refractivity contribution in [3.63, 3.8) is 0 Å². The van der Waals surface area contributed by atoms with E-state index in [4.69, 9.17) is 0 Å². The van der Waals surface area contributed by atoms with Crippen LogP contribution in [-0.4, -0.2) is 35.5 Å². The smallest absolute Gasteiger partial charge is 0.354 e. The molecule has 2 heterocycles. The summed E-state index contributed by atoms with van der Waals surface area (Å²) in [6, 6.07) is 1.25. The first-order valence-corrected chi connectivity index (χ1v) is 7.48. The van der Waals surface area contributed by atoms with E-state index in [1.54, 1.807) is 0 Å². The number of anilines is 1. The van der Waals surface area contributed by atoms with Crippen LogP contribution in [-0.2, 0) is 11.0 Å². The van der Waals surface area contributed by atoms with Gasteiger partial charge in [-0.25, -0.2) is 9.18 Å². The molecule has 3 amide bonds. The number of hydrogen-bond donors (Lipinski definition) is 2. The molecule has 2 aliphatic heterocycles. The molecular formula is C15H15F4N3O2. The lowest BCUT2D eigenvalue weighted by Gasteiger charge is -2.32. The Balaban J connectivity index is 1.87. The van der Waals surface area contributed by atoms with Crippen molar-refractivity contribution in [2.45, 2.75) is 31.0 Å². The Morgan fingerprint density at radius 2 is 2.04 bits per heavy atom. The first kappa shape index (κ1) is 16.5. The average Bonchev–Trinajstić information content (AvgIpc) is 3.08. The van der Waals surface area contributed by atoms with Crippen molar-refractivity contribution in [1.29, 1.82) is 0 Å². The van der Waals surface area contributed by atoms with Gasteiger partial charge in [0.05, 0.1) is 11.3 Å². The average molecular weight is 345 g/mol. The molecule has 2 saturated heterocycles. The molecule has 1 atom stereocenters. The Morgan fingerprint density at radius 1 is 1.29 bits per heavy atom. The standard InChI is InChI=1S/C15H15F4N3O2/c16-9-2-3-11(10(8-9)15(17,18)19)21-13(24)22-7-1-4-14(22)5-6-20-12(14)23/h2-3,8H,1,4-7H2,(H,20,23)(H,21,24). The van der Waals surface area contributed by atoms with E-state index in [-0.39, 0.29) is 12.5 Å². The van der Waals surface area contributed by atoms with E-state index in [0.717, 1.165) is 12.1 Å². The van der Waals surface area contributed by atoms with Crippen LogP contribution in [0, 0.1) is 5.82 Å². The van der Waals surface area contributed by atoms with Crippen LogP contribution in [0.25, 0.3) is 0 Å². The molecule has 1 aromatic rings. The maximum atomic E-state index is 13.1. The second kappa shape index (κ2) is 5.64. The molecule has 9 heteroatoms. The van der Waals surface area contributed by atoms with E-state index >= 15 is 0 Å². The highest BCUT2D eigenvalue weighted by atomic mass is 19.4. The van der Waals surface area contributed by atoms with Crippen LogP contribution in [0.3, 0.4) is 0 Å². The van der Waals surface area contributed by atoms with Crippen molar-refractivity contribution >= 4 is 17.6 Å². The summed E-state index contributed by atoms with van der Waals surface area (Å²) < 4.78 is 52.2. The molecule has 0 aromatic heterocycles. The van der Waals surface area contributed by atoms with E-state index in [2.05, 4.69) is 10.6 Å². The van der Waals surface area contributed by atoms with Crippen molar-refractivity contribution in [3.8, 4) is 0 Å². The van der Waals surface area contributed by atoms with Crippen molar-refractivity contribution in [2.75, 3.05) is 18.4 Å². The van der Waals surface area contributed by atoms with Gasteiger partial charge in [0.2, 0.25) is 5.91 Å². The number of benzene rings is 1. The minimum absolute atomic E-state index is 0.280. The van der Waals surface area contributed by atoms with E-state index in [1.807, 2.05) is 0 Å². The zero-order valence-corrected chi connectivity index (χ0v) is 12.5. The quantitative estimate of drug-likeness (QED) is 0.769. The number of hydrogen-bond acceptors (Lipinski definition) is 2. The fourth-order valence-corrected chi connectivity index (χ4v) is 3.37. The molecule has 24 heavy (non-hydrogen) atoms. The van der Waals surface area contributed by atoms with Gasteiger partial charge < -0.3 is 15.5 Å². The van der Waals surface area contributed by atoms with E-state index < -0.39 is 34.8 Å². The second-order valence-corrected chi connectivity index (χ2v) is 5.91. The molecule has 0 radical (unpaired) electrons. The Hall–Kier alpha value is -2.32. The first-order chi connectivity index (χ1) is 11.2. The number of alkyl halides is 3. The molecule has 1 spiro atoms. The van der Waals surface area contributed by atoms with E-state index in [0.29, 0.717) is 31.9 Å². The number of carbonyl (C=O) groups is 2. The first-order valence-electron chi connectivity index (χ1n) is 7.48. The van der Waals surface area contributed by atoms with Crippen molar-refractivity contribution in [1.82, 2.24) is 10.2 Å². The molecule has 5 nitrogen and oxygen atoms in total. The summed E-state index contributed by atoms with van der Waals surface area (Å²) in [5, 5.41) is 4.83. The summed E-state index contributed by atoms with van der Waals surface area (Å²) in [5.41, 5.74) is -2.79. The summed E-state index contributed by atoms with van der Waals surface area (Å²) in [6.07, 6.45) is -3.31. The van der Waals surface area contributed by atoms with Gasteiger partial charge >= 0.3 is 12.2 Å². The van der Waals surface area contributed by atoms with Gasteiger partial charge in [0.1, 0.15) is 11.4 Å². The maximum Gasteiger partial charge on any atom is 0.418 e. The van der Waals surface area contributed by atoms with Crippen LogP contribution in [0.2, 0.25) is 0 Å². The zero-order valence-electron chi connectivity index (χ0n) is 12.5. The zero-order chi connectivity index (χ0) is 17.5. The molecular weight excluding hydrogens is 330 g/mol. The highest BCUT2D eigenvalue weighted by Crippen LogP contribution is 2.38. The molecule has 0 bridgehead atoms. The fraction of sp³-hybridized carbons (Fsp3) is 0.467. The van der Waals surface area contributed by atoms with Crippen molar-refractivity contribution in [2.24, 2.45) is 0 Å². The summed E-state index contributed by atoms with van der Waals surface area (Å²) in [5.74, 6) is -1.33. The van der Waals surface area contributed by atoms with Crippen LogP contribution < -0.4 is 10.6 Å². The van der Waals surface area contributed by atoms with Crippen molar-refractivity contribution in [3.05, 3.63) is 29.6 Å². The Morgan fingerprint density at radius 3 is 2.67 bits per heavy atom. The predicted octanol–water partition coefficient (Wildman–Crippen LogP) is 2.73. The van der Waals surface area contributed by atoms with Crippen LogP contribution in [0.4, 0.5) is 28.0 Å². The summed E-state index contributed by atoms with van der Waals surface area (Å²) in [7, 11) is 0. The maximum absolute atomic E-state index is 13.1. The van der Waals surface area contributed by atoms with Gasteiger partial charge in [-0.15, -0.1) is 0 Å². The predicted molar refractivity (Wildman–Crippen MR) is 76.7 cm³/mol. The molecule has 2 aliphatic rings. The van der Waals surface area contributed by atoms with Gasteiger partial charge in [-0.05, 0) is 37.5 Å². The lowest BCUT2D eigenvalue weighted by molar-refractivity contribution is -0.137. The third kappa shape index (κ3) is 2.67. The molecule has 130 valence electrons. The van der Waals surface area contributed by atoms with Gasteiger partial charge in [0.25, 0.3) is 0 Å². The second-order valence-electron chi connectivity index (χ2n) is 5.91. The summed E-state index contributed by atoms with van der Waals surface area (Å²) in [6.45, 7) is 0.703. The molecule has 0 saturated carbocycles. The van der Waals surface area contributed by atoms with Gasteiger partial charge in [-0.2, -0.15) is 13.2 Å². The van der Waals surface area contributed by atoms with E-state index in [9.17, 15) is 27.2 Å². The molecule has 2 N–H and O–H groups in total. The molecule has 2 fully saturated rings. The van der Waals surface area contributed by atoms with Gasteiger partial charge in [-0.3, -0.25) is 4.79 Å². The summed E-state index contributed by atoms with van der Waals surface area (Å²) in [4.78, 5) is 25.8. The molecule has 1 aromatic carbocycles. The Kier molecular flexibility index (Phi) is 3.89. The van der Waals surface area contributed by atoms with E-state index in [1.165, 1.54) is 4.90 Å². The Labute approximate surface area is 135 Å². The number of rotatable bonds is 1. The third-order valence-electron chi connectivity index (χ3n) is 4.51. The topological polar surface area (TPSA) is 61.4 Å². The van der Waals surface area contributed by atoms with Crippen LogP contribution in [0.5, 0.6) is 0 Å². The largest absolute Gasteiger partial charge is 0.418 e. The van der Waals surface area contributed by atoms with Crippen LogP contribution >= 0.6 is 0 Å². The molecule has 3 rings (SSSR count). The minimum atomic E-state index is -4.81.